The highest BCUT2D eigenvalue weighted by atomic mass is 32.1. The Labute approximate surface area is 323 Å². The summed E-state index contributed by atoms with van der Waals surface area (Å²) in [5.74, 6) is -0.847. The summed E-state index contributed by atoms with van der Waals surface area (Å²) in [6.07, 6.45) is 10.2. The van der Waals surface area contributed by atoms with Crippen LogP contribution in [0.15, 0.2) is 52.7 Å². The molecule has 14 heteroatoms. The van der Waals surface area contributed by atoms with Crippen molar-refractivity contribution in [2.24, 2.45) is 22.1 Å². The molecule has 0 radical (unpaired) electrons. The molecule has 292 valence electrons. The van der Waals surface area contributed by atoms with Crippen LogP contribution >= 0.6 is 11.3 Å². The van der Waals surface area contributed by atoms with E-state index in [0.29, 0.717) is 79.1 Å². The molecule has 1 aromatic carbocycles. The Morgan fingerprint density at radius 2 is 1.43 bits per heavy atom. The van der Waals surface area contributed by atoms with E-state index in [9.17, 15) is 24.9 Å². The van der Waals surface area contributed by atoms with Crippen molar-refractivity contribution in [3.05, 3.63) is 64.1 Å². The summed E-state index contributed by atoms with van der Waals surface area (Å²) >= 11 is 1.14. The Morgan fingerprint density at radius 1 is 0.833 bits per heavy atom. The molecular weight excluding hydrogens is 711 g/mol. The molecule has 0 fully saturated rings. The fourth-order valence-electron chi connectivity index (χ4n) is 4.99. The number of azo groups is 1. The second kappa shape index (κ2) is 26.9. The number of hydrogen-bond acceptors (Lipinski definition) is 14. The standard InChI is InChI=1S/C40H53N5O8S/c1-6-8-10-30(3)24-38(47)52-22-20-50-17-15-45(14-16-49-18-19-51-21-23-53-39(48)26-33(29-46)11-9-7-2)34-12-13-36(31(4)25-34)43-44-40-35(27-41)32(5)37(28-42)54-40/h6-9,12-13,25,29-30,33H,10-11,14-24,26H2,1-5H3/b8-6+,9-7+,44-43+. The van der Waals surface area contributed by atoms with Gasteiger partial charge in [-0.05, 0) is 75.8 Å². The van der Waals surface area contributed by atoms with E-state index in [1.165, 1.54) is 0 Å². The first-order valence-corrected chi connectivity index (χ1v) is 18.9. The van der Waals surface area contributed by atoms with Crippen LogP contribution in [0.2, 0.25) is 0 Å². The van der Waals surface area contributed by atoms with Crippen LogP contribution in [0, 0.1) is 48.3 Å². The molecule has 0 aliphatic rings. The van der Waals surface area contributed by atoms with E-state index in [1.807, 2.05) is 70.2 Å². The largest absolute Gasteiger partial charge is 0.463 e. The van der Waals surface area contributed by atoms with Gasteiger partial charge in [-0.15, -0.1) is 21.6 Å². The quantitative estimate of drug-likeness (QED) is 0.0288. The van der Waals surface area contributed by atoms with Crippen LogP contribution in [0.1, 0.15) is 68.0 Å². The lowest BCUT2D eigenvalue weighted by Crippen LogP contribution is -2.31. The minimum absolute atomic E-state index is 0.0388. The number of nitrogens with zero attached hydrogens (tertiary/aromatic N) is 5. The molecule has 0 saturated heterocycles. The zero-order valence-electron chi connectivity index (χ0n) is 32.1. The molecule has 0 spiro atoms. The fraction of sp³-hybridized carbons (Fsp3) is 0.525. The number of hydrogen-bond donors (Lipinski definition) is 0. The minimum atomic E-state index is -0.432. The van der Waals surface area contributed by atoms with Gasteiger partial charge in [0.2, 0.25) is 0 Å². The topological polar surface area (TPSA) is 173 Å². The number of aryl methyl sites for hydroxylation is 1. The zero-order chi connectivity index (χ0) is 39.6. The number of aldehydes is 1. The van der Waals surface area contributed by atoms with Gasteiger partial charge in [0.05, 0.1) is 57.3 Å². The van der Waals surface area contributed by atoms with Crippen molar-refractivity contribution in [1.82, 2.24) is 0 Å². The Kier molecular flexibility index (Phi) is 22.7. The van der Waals surface area contributed by atoms with E-state index in [-0.39, 0.29) is 44.7 Å². The van der Waals surface area contributed by atoms with Crippen LogP contribution in [0.4, 0.5) is 16.4 Å². The molecule has 1 aromatic heterocycles. The van der Waals surface area contributed by atoms with Gasteiger partial charge in [0.1, 0.15) is 36.5 Å². The second-order valence-corrected chi connectivity index (χ2v) is 13.4. The van der Waals surface area contributed by atoms with E-state index in [1.54, 1.807) is 6.92 Å². The molecule has 2 rings (SSSR count). The van der Waals surface area contributed by atoms with Crippen LogP contribution < -0.4 is 4.90 Å². The summed E-state index contributed by atoms with van der Waals surface area (Å²) < 4.78 is 27.7. The van der Waals surface area contributed by atoms with Gasteiger partial charge in [-0.2, -0.15) is 10.5 Å². The molecule has 2 aromatic rings. The van der Waals surface area contributed by atoms with Crippen molar-refractivity contribution in [2.75, 3.05) is 70.8 Å². The first-order chi connectivity index (χ1) is 26.2. The monoisotopic (exact) mass is 763 g/mol. The third-order valence-corrected chi connectivity index (χ3v) is 9.17. The molecule has 54 heavy (non-hydrogen) atoms. The Morgan fingerprint density at radius 3 is 2.00 bits per heavy atom. The predicted molar refractivity (Wildman–Crippen MR) is 207 cm³/mol. The van der Waals surface area contributed by atoms with Gasteiger partial charge in [0.15, 0.2) is 5.00 Å². The number of carbonyl (C=O) groups excluding carboxylic acids is 3. The highest BCUT2D eigenvalue weighted by molar-refractivity contribution is 7.16. The maximum atomic E-state index is 12.1. The lowest BCUT2D eigenvalue weighted by molar-refractivity contribution is -0.147. The third-order valence-electron chi connectivity index (χ3n) is 8.09. The molecule has 0 N–H and O–H groups in total. The average Bonchev–Trinajstić information content (AvgIpc) is 3.48. The SMILES string of the molecule is C/C=C/CC(C)CC(=O)OCCOCCN(CCOCCOCCOC(=O)CC(C=O)C/C=C/C)c1ccc(/N=N/c2sc(C#N)c(C)c2C#N)c(C)c1. The number of nitriles is 2. The number of rotatable bonds is 27. The van der Waals surface area contributed by atoms with Gasteiger partial charge in [-0.1, -0.05) is 31.2 Å². The fourth-order valence-corrected chi connectivity index (χ4v) is 5.87. The van der Waals surface area contributed by atoms with Gasteiger partial charge >= 0.3 is 11.9 Å². The summed E-state index contributed by atoms with van der Waals surface area (Å²) in [5.41, 5.74) is 3.36. The van der Waals surface area contributed by atoms with E-state index >= 15 is 0 Å². The Hall–Kier alpha value is -4.73. The second-order valence-electron chi connectivity index (χ2n) is 12.4. The van der Waals surface area contributed by atoms with Gasteiger partial charge in [-0.25, -0.2) is 0 Å². The van der Waals surface area contributed by atoms with Crippen LogP contribution in [0.5, 0.6) is 0 Å². The summed E-state index contributed by atoms with van der Waals surface area (Å²) in [6, 6.07) is 9.97. The van der Waals surface area contributed by atoms with Crippen molar-refractivity contribution in [1.29, 1.82) is 10.5 Å². The van der Waals surface area contributed by atoms with Gasteiger partial charge in [-0.3, -0.25) is 9.59 Å². The predicted octanol–water partition coefficient (Wildman–Crippen LogP) is 7.63. The molecule has 2 atom stereocenters. The van der Waals surface area contributed by atoms with Crippen molar-refractivity contribution in [2.45, 2.75) is 60.3 Å². The summed E-state index contributed by atoms with van der Waals surface area (Å²) in [7, 11) is 0. The van der Waals surface area contributed by atoms with Gasteiger partial charge < -0.3 is 33.4 Å². The van der Waals surface area contributed by atoms with Crippen molar-refractivity contribution in [3.63, 3.8) is 0 Å². The van der Waals surface area contributed by atoms with Crippen LogP contribution in [-0.4, -0.2) is 84.2 Å². The molecule has 0 bridgehead atoms. The number of ether oxygens (including phenoxy) is 5. The molecule has 0 saturated carbocycles. The van der Waals surface area contributed by atoms with Gasteiger partial charge in [0.25, 0.3) is 0 Å². The number of thiophene rings is 1. The van der Waals surface area contributed by atoms with Crippen LogP contribution in [0.25, 0.3) is 0 Å². The van der Waals surface area contributed by atoms with Crippen LogP contribution in [-0.2, 0) is 38.1 Å². The van der Waals surface area contributed by atoms with E-state index in [4.69, 9.17) is 23.7 Å². The normalized spacial score (nSPS) is 12.5. The first-order valence-electron chi connectivity index (χ1n) is 18.1. The van der Waals surface area contributed by atoms with E-state index in [2.05, 4.69) is 27.3 Å². The van der Waals surface area contributed by atoms with Crippen molar-refractivity contribution < 1.29 is 38.1 Å². The van der Waals surface area contributed by atoms with Crippen molar-refractivity contribution >= 4 is 45.9 Å². The molecule has 0 aliphatic heterocycles. The van der Waals surface area contributed by atoms with Crippen LogP contribution in [0.3, 0.4) is 0 Å². The van der Waals surface area contributed by atoms with Gasteiger partial charge in [0, 0.05) is 31.1 Å². The molecule has 0 amide bonds. The molecule has 1 heterocycles. The maximum absolute atomic E-state index is 12.1. The van der Waals surface area contributed by atoms with E-state index in [0.717, 1.165) is 35.3 Å². The number of allylic oxidation sites excluding steroid dienone is 4. The molecule has 2 unspecified atom stereocenters. The molecule has 13 nitrogen and oxygen atoms in total. The zero-order valence-corrected chi connectivity index (χ0v) is 32.9. The summed E-state index contributed by atoms with van der Waals surface area (Å²) in [5, 5.41) is 27.9. The summed E-state index contributed by atoms with van der Waals surface area (Å²) in [4.78, 5) is 37.8. The average molecular weight is 764 g/mol. The number of carbonyl (C=O) groups is 3. The number of benzene rings is 1. The Balaban J connectivity index is 1.90. The lowest BCUT2D eigenvalue weighted by atomic mass is 10.0. The first kappa shape index (κ1) is 45.4. The van der Waals surface area contributed by atoms with Crippen molar-refractivity contribution in [3.8, 4) is 12.1 Å². The highest BCUT2D eigenvalue weighted by Gasteiger charge is 2.16. The number of esters is 2. The highest BCUT2D eigenvalue weighted by Crippen LogP contribution is 2.36. The summed E-state index contributed by atoms with van der Waals surface area (Å²) in [6.45, 7) is 12.8. The smallest absolute Gasteiger partial charge is 0.306 e. The third kappa shape index (κ3) is 17.4. The van der Waals surface area contributed by atoms with E-state index < -0.39 is 11.9 Å². The lowest BCUT2D eigenvalue weighted by Gasteiger charge is -2.25. The molecular formula is C40H53N5O8S. The Bertz CT molecular complexity index is 1640. The molecule has 0 aliphatic carbocycles. The number of anilines is 1. The minimum Gasteiger partial charge on any atom is -0.463 e. The maximum Gasteiger partial charge on any atom is 0.306 e.